The molecule has 0 saturated carbocycles. The quantitative estimate of drug-likeness (QED) is 0.566. The number of nitrogens with one attached hydrogen (secondary N) is 1. The van der Waals surface area contributed by atoms with Crippen molar-refractivity contribution < 1.29 is 9.53 Å². The van der Waals surface area contributed by atoms with Gasteiger partial charge in [-0.05, 0) is 25.7 Å². The molecule has 15 heavy (non-hydrogen) atoms. The molecular weight excluding hydrogens is 192 g/mol. The van der Waals surface area contributed by atoms with E-state index in [1.54, 1.807) is 7.11 Å². The van der Waals surface area contributed by atoms with Crippen LogP contribution < -0.4 is 11.1 Å². The first-order valence-electron chi connectivity index (χ1n) is 5.74. The number of carbonyl (C=O) groups is 1. The lowest BCUT2D eigenvalue weighted by atomic mass is 10.1. The number of unbranched alkanes of at least 4 members (excludes halogenated alkanes) is 2. The molecule has 4 heteroatoms. The van der Waals surface area contributed by atoms with Crippen LogP contribution in [0.3, 0.4) is 0 Å². The summed E-state index contributed by atoms with van der Waals surface area (Å²) in [4.78, 5) is 11.4. The van der Waals surface area contributed by atoms with Gasteiger partial charge in [-0.1, -0.05) is 13.3 Å². The molecule has 0 aromatic heterocycles. The highest BCUT2D eigenvalue weighted by atomic mass is 16.5. The number of ether oxygens (including phenoxy) is 1. The lowest BCUT2D eigenvalue weighted by molar-refractivity contribution is -0.122. The summed E-state index contributed by atoms with van der Waals surface area (Å²) < 4.78 is 4.93. The maximum absolute atomic E-state index is 11.4. The van der Waals surface area contributed by atoms with Crippen molar-refractivity contribution in [2.45, 2.75) is 45.1 Å². The van der Waals surface area contributed by atoms with Crippen LogP contribution in [0.4, 0.5) is 0 Å². The Bertz CT molecular complexity index is 163. The van der Waals surface area contributed by atoms with Gasteiger partial charge in [0.25, 0.3) is 0 Å². The Morgan fingerprint density at radius 1 is 1.40 bits per heavy atom. The third-order valence-electron chi connectivity index (χ3n) is 2.26. The average Bonchev–Trinajstić information content (AvgIpc) is 2.23. The predicted octanol–water partition coefficient (Wildman–Crippen LogP) is 1.05. The van der Waals surface area contributed by atoms with Gasteiger partial charge in [-0.15, -0.1) is 0 Å². The summed E-state index contributed by atoms with van der Waals surface area (Å²) in [5.41, 5.74) is 5.66. The van der Waals surface area contributed by atoms with Gasteiger partial charge in [-0.3, -0.25) is 4.79 Å². The predicted molar refractivity (Wildman–Crippen MR) is 61.6 cm³/mol. The van der Waals surface area contributed by atoms with Crippen LogP contribution in [0.5, 0.6) is 0 Å². The van der Waals surface area contributed by atoms with E-state index >= 15 is 0 Å². The first kappa shape index (κ1) is 14.4. The van der Waals surface area contributed by atoms with Crippen LogP contribution in [0.15, 0.2) is 0 Å². The fourth-order valence-corrected chi connectivity index (χ4v) is 1.33. The first-order chi connectivity index (χ1) is 7.22. The van der Waals surface area contributed by atoms with E-state index in [1.807, 2.05) is 6.92 Å². The van der Waals surface area contributed by atoms with Gasteiger partial charge in [0.05, 0.1) is 6.04 Å². The zero-order chi connectivity index (χ0) is 11.5. The van der Waals surface area contributed by atoms with E-state index in [2.05, 4.69) is 5.32 Å². The van der Waals surface area contributed by atoms with Crippen molar-refractivity contribution in [2.24, 2.45) is 5.73 Å². The van der Waals surface area contributed by atoms with Crippen molar-refractivity contribution in [3.8, 4) is 0 Å². The van der Waals surface area contributed by atoms with E-state index in [-0.39, 0.29) is 11.9 Å². The van der Waals surface area contributed by atoms with Crippen molar-refractivity contribution in [2.75, 3.05) is 20.3 Å². The Kier molecular flexibility index (Phi) is 9.52. The number of carbonyl (C=O) groups excluding carboxylic acids is 1. The van der Waals surface area contributed by atoms with Crippen LogP contribution in [-0.4, -0.2) is 32.2 Å². The fourth-order valence-electron chi connectivity index (χ4n) is 1.33. The maximum atomic E-state index is 11.4. The second-order valence-electron chi connectivity index (χ2n) is 3.74. The largest absolute Gasteiger partial charge is 0.385 e. The second kappa shape index (κ2) is 9.93. The van der Waals surface area contributed by atoms with Gasteiger partial charge >= 0.3 is 0 Å². The summed E-state index contributed by atoms with van der Waals surface area (Å²) in [6.07, 6.45) is 4.83. The normalized spacial score (nSPS) is 12.5. The SMILES string of the molecule is CCC[C@H](N)C(=O)NCCCCCOC. The van der Waals surface area contributed by atoms with Crippen LogP contribution in [0.2, 0.25) is 0 Å². The summed E-state index contributed by atoms with van der Waals surface area (Å²) in [6.45, 7) is 3.54. The molecule has 0 rings (SSSR count). The molecule has 0 saturated heterocycles. The molecule has 1 amide bonds. The zero-order valence-corrected chi connectivity index (χ0v) is 9.92. The third kappa shape index (κ3) is 8.39. The molecule has 0 bridgehead atoms. The molecule has 0 fully saturated rings. The number of amides is 1. The van der Waals surface area contributed by atoms with E-state index in [0.29, 0.717) is 0 Å². The lowest BCUT2D eigenvalue weighted by Gasteiger charge is -2.10. The Balaban J connectivity index is 3.30. The molecule has 0 aromatic carbocycles. The summed E-state index contributed by atoms with van der Waals surface area (Å²) >= 11 is 0. The van der Waals surface area contributed by atoms with E-state index in [1.165, 1.54) is 0 Å². The highest BCUT2D eigenvalue weighted by Gasteiger charge is 2.10. The standard InChI is InChI=1S/C11H24N2O2/c1-3-7-10(12)11(14)13-8-5-4-6-9-15-2/h10H,3-9,12H2,1-2H3,(H,13,14)/t10-/m0/s1. The molecule has 0 aliphatic rings. The van der Waals surface area contributed by atoms with Gasteiger partial charge in [0.15, 0.2) is 0 Å². The lowest BCUT2D eigenvalue weighted by Crippen LogP contribution is -2.40. The van der Waals surface area contributed by atoms with Crippen molar-refractivity contribution in [3.63, 3.8) is 0 Å². The third-order valence-corrected chi connectivity index (χ3v) is 2.26. The summed E-state index contributed by atoms with van der Waals surface area (Å²) in [6, 6.07) is -0.339. The van der Waals surface area contributed by atoms with Gasteiger partial charge in [0.2, 0.25) is 5.91 Å². The molecule has 0 heterocycles. The van der Waals surface area contributed by atoms with Gasteiger partial charge < -0.3 is 15.8 Å². The molecule has 1 atom stereocenters. The Morgan fingerprint density at radius 3 is 2.73 bits per heavy atom. The summed E-state index contributed by atoms with van der Waals surface area (Å²) in [5.74, 6) is -0.0245. The van der Waals surface area contributed by atoms with Gasteiger partial charge in [0, 0.05) is 20.3 Å². The van der Waals surface area contributed by atoms with Gasteiger partial charge in [-0.25, -0.2) is 0 Å². The minimum Gasteiger partial charge on any atom is -0.385 e. The number of methoxy groups -OCH3 is 1. The smallest absolute Gasteiger partial charge is 0.236 e. The number of nitrogens with two attached hydrogens (primary N) is 1. The van der Waals surface area contributed by atoms with Crippen LogP contribution in [0.1, 0.15) is 39.0 Å². The van der Waals surface area contributed by atoms with Crippen LogP contribution >= 0.6 is 0 Å². The molecule has 3 N–H and O–H groups in total. The maximum Gasteiger partial charge on any atom is 0.236 e. The van der Waals surface area contributed by atoms with Crippen molar-refractivity contribution in [1.82, 2.24) is 5.32 Å². The topological polar surface area (TPSA) is 64.4 Å². The average molecular weight is 216 g/mol. The molecular formula is C11H24N2O2. The van der Waals surface area contributed by atoms with Gasteiger partial charge in [-0.2, -0.15) is 0 Å². The highest BCUT2D eigenvalue weighted by Crippen LogP contribution is 1.96. The van der Waals surface area contributed by atoms with E-state index in [0.717, 1.165) is 45.3 Å². The first-order valence-corrected chi connectivity index (χ1v) is 5.74. The monoisotopic (exact) mass is 216 g/mol. The number of rotatable bonds is 9. The molecule has 0 aliphatic heterocycles. The van der Waals surface area contributed by atoms with Crippen molar-refractivity contribution in [3.05, 3.63) is 0 Å². The number of hydrogen-bond donors (Lipinski definition) is 2. The summed E-state index contributed by atoms with van der Waals surface area (Å²) in [5, 5.41) is 2.84. The molecule has 0 aliphatic carbocycles. The molecule has 90 valence electrons. The second-order valence-corrected chi connectivity index (χ2v) is 3.74. The highest BCUT2D eigenvalue weighted by molar-refractivity contribution is 5.81. The van der Waals surface area contributed by atoms with Crippen molar-refractivity contribution >= 4 is 5.91 Å². The fraction of sp³-hybridized carbons (Fsp3) is 0.909. The Labute approximate surface area is 92.6 Å². The minimum atomic E-state index is -0.339. The van der Waals surface area contributed by atoms with E-state index in [9.17, 15) is 4.79 Å². The molecule has 4 nitrogen and oxygen atoms in total. The molecule has 0 unspecified atom stereocenters. The van der Waals surface area contributed by atoms with Crippen LogP contribution in [0, 0.1) is 0 Å². The Morgan fingerprint density at radius 2 is 2.13 bits per heavy atom. The Hall–Kier alpha value is -0.610. The zero-order valence-electron chi connectivity index (χ0n) is 9.92. The minimum absolute atomic E-state index is 0.0245. The number of hydrogen-bond acceptors (Lipinski definition) is 3. The summed E-state index contributed by atoms with van der Waals surface area (Å²) in [7, 11) is 1.70. The molecule has 0 spiro atoms. The van der Waals surface area contributed by atoms with E-state index in [4.69, 9.17) is 10.5 Å². The molecule has 0 radical (unpaired) electrons. The van der Waals surface area contributed by atoms with Crippen LogP contribution in [0.25, 0.3) is 0 Å². The van der Waals surface area contributed by atoms with E-state index < -0.39 is 0 Å². The van der Waals surface area contributed by atoms with Gasteiger partial charge in [0.1, 0.15) is 0 Å². The van der Waals surface area contributed by atoms with Crippen LogP contribution in [-0.2, 0) is 9.53 Å². The molecule has 0 aromatic rings. The van der Waals surface area contributed by atoms with Crippen molar-refractivity contribution in [1.29, 1.82) is 0 Å².